The van der Waals surface area contributed by atoms with Crippen molar-refractivity contribution in [2.24, 2.45) is 0 Å². The van der Waals surface area contributed by atoms with Gasteiger partial charge in [-0.1, -0.05) is 32.9 Å². The molecule has 0 heterocycles. The van der Waals surface area contributed by atoms with Gasteiger partial charge in [0.15, 0.2) is 0 Å². The topological polar surface area (TPSA) is 61.6 Å². The monoisotopic (exact) mass is 383 g/mol. The van der Waals surface area contributed by atoms with E-state index in [4.69, 9.17) is 9.47 Å². The number of ether oxygens (including phenoxy) is 2. The molecule has 0 fully saturated rings. The van der Waals surface area contributed by atoms with Crippen LogP contribution in [0.25, 0.3) is 0 Å². The number of fused-ring (bicyclic) bond motifs is 4. The van der Waals surface area contributed by atoms with Crippen LogP contribution in [0.3, 0.4) is 0 Å². The number of nitrogens with zero attached hydrogens (tertiary/aromatic N) is 1. The average molecular weight is 383 g/mol. The number of aryl methyl sites for hydroxylation is 4. The van der Waals surface area contributed by atoms with Gasteiger partial charge in [-0.15, -0.1) is 0 Å². The number of hydrogen-bond acceptors (Lipinski definition) is 4. The van der Waals surface area contributed by atoms with Crippen LogP contribution >= 0.6 is 0 Å². The van der Waals surface area contributed by atoms with Gasteiger partial charge in [0.1, 0.15) is 11.5 Å². The van der Waals surface area contributed by atoms with Crippen LogP contribution in [-0.2, 0) is 31.1 Å². The first-order valence-corrected chi connectivity index (χ1v) is 9.79. The summed E-state index contributed by atoms with van der Waals surface area (Å²) in [7, 11) is 3.37. The summed E-state index contributed by atoms with van der Waals surface area (Å²) in [5.74, 6) is 1.74. The Balaban J connectivity index is 2.13. The Bertz CT molecular complexity index is 896. The zero-order valence-electron chi connectivity index (χ0n) is 17.4. The van der Waals surface area contributed by atoms with E-state index < -0.39 is 0 Å². The van der Waals surface area contributed by atoms with Gasteiger partial charge in [0.2, 0.25) is 0 Å². The molecule has 4 bridgehead atoms. The molecule has 0 aliphatic heterocycles. The van der Waals surface area contributed by atoms with Crippen LogP contribution in [0.2, 0.25) is 0 Å². The van der Waals surface area contributed by atoms with E-state index >= 15 is 0 Å². The molecule has 0 saturated heterocycles. The molecule has 0 saturated carbocycles. The summed E-state index contributed by atoms with van der Waals surface area (Å²) in [5, 5.41) is 11.4. The van der Waals surface area contributed by atoms with Gasteiger partial charge < -0.3 is 9.47 Å². The molecule has 2 aromatic carbocycles. The summed E-state index contributed by atoms with van der Waals surface area (Å²) in [6.45, 7) is 6.65. The van der Waals surface area contributed by atoms with Crippen molar-refractivity contribution in [1.29, 1.82) is 0 Å². The van der Waals surface area contributed by atoms with E-state index in [0.717, 1.165) is 53.9 Å². The lowest BCUT2D eigenvalue weighted by Crippen LogP contribution is -2.13. The zero-order valence-corrected chi connectivity index (χ0v) is 17.4. The number of nitro groups is 1. The highest BCUT2D eigenvalue weighted by Gasteiger charge is 2.22. The molecule has 0 spiro atoms. The Labute approximate surface area is 166 Å². The van der Waals surface area contributed by atoms with Crippen molar-refractivity contribution in [3.63, 3.8) is 0 Å². The predicted molar refractivity (Wildman–Crippen MR) is 111 cm³/mol. The van der Waals surface area contributed by atoms with Crippen LogP contribution in [0.4, 0.5) is 5.69 Å². The second-order valence-electron chi connectivity index (χ2n) is 8.49. The molecule has 1 aliphatic carbocycles. The number of non-ortho nitro benzene ring substituents is 1. The Morgan fingerprint density at radius 1 is 0.821 bits per heavy atom. The maximum absolute atomic E-state index is 11.4. The highest BCUT2D eigenvalue weighted by Crippen LogP contribution is 2.37. The number of rotatable bonds is 3. The van der Waals surface area contributed by atoms with Crippen LogP contribution in [0.5, 0.6) is 11.5 Å². The number of hydrogen-bond donors (Lipinski definition) is 0. The quantitative estimate of drug-likeness (QED) is 0.541. The summed E-state index contributed by atoms with van der Waals surface area (Å²) in [5.41, 5.74) is 5.65. The molecule has 2 aromatic rings. The smallest absolute Gasteiger partial charge is 0.270 e. The first-order chi connectivity index (χ1) is 13.2. The summed E-state index contributed by atoms with van der Waals surface area (Å²) in [6.07, 6.45) is 3.88. The average Bonchev–Trinajstić information content (AvgIpc) is 2.64. The molecule has 150 valence electrons. The second kappa shape index (κ2) is 7.82. The van der Waals surface area contributed by atoms with Gasteiger partial charge in [-0.25, -0.2) is 0 Å². The molecule has 0 N–H and O–H groups in total. The number of methoxy groups -OCH3 is 2. The van der Waals surface area contributed by atoms with E-state index in [2.05, 4.69) is 32.9 Å². The van der Waals surface area contributed by atoms with Gasteiger partial charge in [0, 0.05) is 23.3 Å². The molecule has 28 heavy (non-hydrogen) atoms. The van der Waals surface area contributed by atoms with Crippen molar-refractivity contribution >= 4 is 5.69 Å². The maximum Gasteiger partial charge on any atom is 0.270 e. The standard InChI is InChI=1S/C23H29NO4/c1-23(2,3)19-11-15-7-6-8-16-13-20(24(25)26)14-18(22(16)28-5)10-9-17(12-19)21(15)27-4/h11-14H,6-10H2,1-5H3. The highest BCUT2D eigenvalue weighted by molar-refractivity contribution is 5.52. The van der Waals surface area contributed by atoms with Crippen molar-refractivity contribution in [3.8, 4) is 11.5 Å². The molecule has 0 aromatic heterocycles. The van der Waals surface area contributed by atoms with Crippen molar-refractivity contribution in [2.75, 3.05) is 14.2 Å². The Morgan fingerprint density at radius 2 is 1.25 bits per heavy atom. The fraction of sp³-hybridized carbons (Fsp3) is 0.478. The Kier molecular flexibility index (Phi) is 5.64. The van der Waals surface area contributed by atoms with Gasteiger partial charge >= 0.3 is 0 Å². The molecular weight excluding hydrogens is 354 g/mol. The lowest BCUT2D eigenvalue weighted by Gasteiger charge is -2.23. The van der Waals surface area contributed by atoms with Crippen LogP contribution in [-0.4, -0.2) is 19.1 Å². The van der Waals surface area contributed by atoms with Crippen LogP contribution in [0.1, 0.15) is 55.0 Å². The van der Waals surface area contributed by atoms with E-state index in [1.165, 1.54) is 11.1 Å². The number of nitro benzene ring substituents is 1. The van der Waals surface area contributed by atoms with Crippen LogP contribution < -0.4 is 9.47 Å². The maximum atomic E-state index is 11.4. The molecule has 0 unspecified atom stereocenters. The minimum Gasteiger partial charge on any atom is -0.496 e. The Morgan fingerprint density at radius 3 is 1.68 bits per heavy atom. The normalized spacial score (nSPS) is 14.2. The SMILES string of the molecule is COc1c2cc([N+](=O)[O-])cc1CCc1cc(C(C)(C)C)cc(c1OC)CCC2. The zero-order chi connectivity index (χ0) is 20.5. The minimum absolute atomic E-state index is 0.0457. The fourth-order valence-electron chi connectivity index (χ4n) is 4.03. The fourth-order valence-corrected chi connectivity index (χ4v) is 4.03. The van der Waals surface area contributed by atoms with Crippen molar-refractivity contribution in [2.45, 2.75) is 58.3 Å². The first kappa shape index (κ1) is 20.2. The molecule has 0 amide bonds. The minimum atomic E-state index is -0.315. The lowest BCUT2D eigenvalue weighted by molar-refractivity contribution is -0.385. The molecule has 1 aliphatic rings. The summed E-state index contributed by atoms with van der Waals surface area (Å²) < 4.78 is 11.5. The highest BCUT2D eigenvalue weighted by atomic mass is 16.6. The van der Waals surface area contributed by atoms with Gasteiger partial charge in [0.05, 0.1) is 19.1 Å². The van der Waals surface area contributed by atoms with E-state index in [0.29, 0.717) is 6.42 Å². The van der Waals surface area contributed by atoms with E-state index in [1.807, 2.05) is 0 Å². The van der Waals surface area contributed by atoms with Gasteiger partial charge in [0.25, 0.3) is 5.69 Å². The second-order valence-corrected chi connectivity index (χ2v) is 8.49. The van der Waals surface area contributed by atoms with Crippen molar-refractivity contribution in [1.82, 2.24) is 0 Å². The summed E-state index contributed by atoms with van der Waals surface area (Å²) in [6, 6.07) is 7.80. The van der Waals surface area contributed by atoms with Crippen molar-refractivity contribution in [3.05, 3.63) is 62.2 Å². The third-order valence-electron chi connectivity index (χ3n) is 5.51. The molecule has 5 heteroatoms. The largest absolute Gasteiger partial charge is 0.496 e. The van der Waals surface area contributed by atoms with E-state index in [1.54, 1.807) is 26.4 Å². The molecular formula is C23H29NO4. The molecule has 3 rings (SSSR count). The van der Waals surface area contributed by atoms with Gasteiger partial charge in [-0.3, -0.25) is 10.1 Å². The van der Waals surface area contributed by atoms with E-state index in [-0.39, 0.29) is 16.0 Å². The lowest BCUT2D eigenvalue weighted by atomic mass is 9.83. The number of benzene rings is 2. The van der Waals surface area contributed by atoms with Gasteiger partial charge in [-0.05, 0) is 54.2 Å². The first-order valence-electron chi connectivity index (χ1n) is 9.79. The van der Waals surface area contributed by atoms with Crippen LogP contribution in [0.15, 0.2) is 24.3 Å². The van der Waals surface area contributed by atoms with Crippen molar-refractivity contribution < 1.29 is 14.4 Å². The Hall–Kier alpha value is -2.56. The van der Waals surface area contributed by atoms with E-state index in [9.17, 15) is 10.1 Å². The van der Waals surface area contributed by atoms with Crippen LogP contribution in [0, 0.1) is 10.1 Å². The predicted octanol–water partition coefficient (Wildman–Crippen LogP) is 5.18. The summed E-state index contributed by atoms with van der Waals surface area (Å²) >= 11 is 0. The van der Waals surface area contributed by atoms with Gasteiger partial charge in [-0.2, -0.15) is 0 Å². The third kappa shape index (κ3) is 3.98. The molecule has 0 atom stereocenters. The molecule has 5 nitrogen and oxygen atoms in total. The third-order valence-corrected chi connectivity index (χ3v) is 5.51. The molecule has 0 radical (unpaired) electrons. The summed E-state index contributed by atoms with van der Waals surface area (Å²) in [4.78, 5) is 11.1.